The number of methoxy groups -OCH3 is 1. The van der Waals surface area contributed by atoms with Crippen molar-refractivity contribution in [1.29, 1.82) is 0 Å². The quantitative estimate of drug-likeness (QED) is 0.680. The standard InChI is InChI=1S/C25H35NO4/c1-3-4-5-18-6-8-19(9-7-18)24(28)26-14-12-25(13-15-26)17-22(27)21-16-20(29-2)10-11-23(21)30-25/h10-11,16,18-19H,3-9,12-15,17H2,1-2H3. The van der Waals surface area contributed by atoms with Crippen molar-refractivity contribution in [2.75, 3.05) is 20.2 Å². The number of amides is 1. The summed E-state index contributed by atoms with van der Waals surface area (Å²) in [5.41, 5.74) is 0.145. The normalized spacial score (nSPS) is 25.5. The molecule has 2 aliphatic heterocycles. The highest BCUT2D eigenvalue weighted by atomic mass is 16.5. The van der Waals surface area contributed by atoms with Crippen LogP contribution >= 0.6 is 0 Å². The number of hydrogen-bond acceptors (Lipinski definition) is 4. The highest BCUT2D eigenvalue weighted by Crippen LogP contribution is 2.41. The number of benzene rings is 1. The van der Waals surface area contributed by atoms with Crippen LogP contribution in [0.4, 0.5) is 0 Å². The molecule has 1 aliphatic carbocycles. The molecule has 1 amide bonds. The number of ether oxygens (including phenoxy) is 2. The third kappa shape index (κ3) is 4.35. The molecule has 1 aromatic carbocycles. The van der Waals surface area contributed by atoms with Gasteiger partial charge in [-0.15, -0.1) is 0 Å². The lowest BCUT2D eigenvalue weighted by Crippen LogP contribution is -2.53. The first-order valence-corrected chi connectivity index (χ1v) is 11.7. The summed E-state index contributed by atoms with van der Waals surface area (Å²) in [6, 6.07) is 5.43. The van der Waals surface area contributed by atoms with E-state index in [2.05, 4.69) is 6.92 Å². The molecule has 0 aromatic heterocycles. The Labute approximate surface area is 180 Å². The largest absolute Gasteiger partial charge is 0.497 e. The third-order valence-electron chi connectivity index (χ3n) is 7.44. The van der Waals surface area contributed by atoms with E-state index in [0.29, 0.717) is 42.5 Å². The van der Waals surface area contributed by atoms with Gasteiger partial charge in [0.05, 0.1) is 19.1 Å². The Morgan fingerprint density at radius 2 is 1.93 bits per heavy atom. The summed E-state index contributed by atoms with van der Waals surface area (Å²) in [4.78, 5) is 27.9. The maximum atomic E-state index is 13.1. The molecule has 0 unspecified atom stereocenters. The van der Waals surface area contributed by atoms with E-state index >= 15 is 0 Å². The molecule has 3 aliphatic rings. The van der Waals surface area contributed by atoms with E-state index in [1.54, 1.807) is 13.2 Å². The van der Waals surface area contributed by atoms with Gasteiger partial charge in [0.1, 0.15) is 17.1 Å². The summed E-state index contributed by atoms with van der Waals surface area (Å²) >= 11 is 0. The minimum Gasteiger partial charge on any atom is -0.497 e. The molecule has 5 nitrogen and oxygen atoms in total. The molecule has 1 spiro atoms. The number of rotatable bonds is 5. The summed E-state index contributed by atoms with van der Waals surface area (Å²) in [5.74, 6) is 2.77. The highest BCUT2D eigenvalue weighted by Gasteiger charge is 2.44. The molecule has 0 atom stereocenters. The molecule has 0 bridgehead atoms. The fourth-order valence-electron chi connectivity index (χ4n) is 5.46. The summed E-state index contributed by atoms with van der Waals surface area (Å²) in [5, 5.41) is 0. The SMILES string of the molecule is CCCCC1CCC(C(=O)N2CCC3(CC2)CC(=O)c2cc(OC)ccc2O3)CC1. The Morgan fingerprint density at radius 1 is 1.20 bits per heavy atom. The van der Waals surface area contributed by atoms with Crippen LogP contribution in [0, 0.1) is 11.8 Å². The molecule has 2 heterocycles. The molecule has 4 rings (SSSR count). The number of fused-ring (bicyclic) bond motifs is 1. The number of Topliss-reactive ketones (excluding diaryl/α,β-unsaturated/α-hetero) is 1. The second kappa shape index (κ2) is 8.99. The minimum absolute atomic E-state index is 0.111. The number of carbonyl (C=O) groups excluding carboxylic acids is 2. The van der Waals surface area contributed by atoms with Gasteiger partial charge in [-0.05, 0) is 49.8 Å². The smallest absolute Gasteiger partial charge is 0.225 e. The Kier molecular flexibility index (Phi) is 6.35. The van der Waals surface area contributed by atoms with Crippen molar-refractivity contribution in [3.63, 3.8) is 0 Å². The second-order valence-corrected chi connectivity index (χ2v) is 9.43. The van der Waals surface area contributed by atoms with Gasteiger partial charge < -0.3 is 14.4 Å². The van der Waals surface area contributed by atoms with Crippen LogP contribution in [0.1, 0.15) is 81.5 Å². The number of nitrogens with zero attached hydrogens (tertiary/aromatic N) is 1. The fourth-order valence-corrected chi connectivity index (χ4v) is 5.46. The van der Waals surface area contributed by atoms with Gasteiger partial charge in [0.15, 0.2) is 5.78 Å². The Morgan fingerprint density at radius 3 is 2.60 bits per heavy atom. The molecular formula is C25H35NO4. The van der Waals surface area contributed by atoms with Gasteiger partial charge in [0, 0.05) is 31.8 Å². The van der Waals surface area contributed by atoms with Crippen LogP contribution in [0.2, 0.25) is 0 Å². The molecule has 2 fully saturated rings. The zero-order chi connectivity index (χ0) is 21.1. The molecule has 164 valence electrons. The summed E-state index contributed by atoms with van der Waals surface area (Å²) < 4.78 is 11.6. The first-order chi connectivity index (χ1) is 14.5. The lowest BCUT2D eigenvalue weighted by atomic mass is 9.78. The zero-order valence-corrected chi connectivity index (χ0v) is 18.5. The molecular weight excluding hydrogens is 378 g/mol. The van der Waals surface area contributed by atoms with Crippen LogP contribution in [0.15, 0.2) is 18.2 Å². The predicted octanol–water partition coefficient (Wildman–Crippen LogP) is 5.02. The van der Waals surface area contributed by atoms with E-state index in [9.17, 15) is 9.59 Å². The van der Waals surface area contributed by atoms with E-state index < -0.39 is 5.60 Å². The number of unbranched alkanes of at least 4 members (excludes halogenated alkanes) is 1. The van der Waals surface area contributed by atoms with Crippen LogP contribution in [0.5, 0.6) is 11.5 Å². The van der Waals surface area contributed by atoms with Crippen molar-refractivity contribution < 1.29 is 19.1 Å². The number of hydrogen-bond donors (Lipinski definition) is 0. The Hall–Kier alpha value is -2.04. The van der Waals surface area contributed by atoms with Crippen molar-refractivity contribution in [2.45, 2.75) is 76.7 Å². The van der Waals surface area contributed by atoms with Crippen LogP contribution in [0.25, 0.3) is 0 Å². The average molecular weight is 414 g/mol. The predicted molar refractivity (Wildman–Crippen MR) is 116 cm³/mol. The van der Waals surface area contributed by atoms with Crippen molar-refractivity contribution >= 4 is 11.7 Å². The molecule has 1 aromatic rings. The first kappa shape index (κ1) is 21.2. The maximum Gasteiger partial charge on any atom is 0.225 e. The van der Waals surface area contributed by atoms with Crippen LogP contribution in [0.3, 0.4) is 0 Å². The van der Waals surface area contributed by atoms with E-state index in [1.165, 1.54) is 32.1 Å². The number of piperidine rings is 1. The van der Waals surface area contributed by atoms with Crippen molar-refractivity contribution in [1.82, 2.24) is 4.90 Å². The van der Waals surface area contributed by atoms with E-state index in [0.717, 1.165) is 31.6 Å². The van der Waals surface area contributed by atoms with Crippen LogP contribution in [-0.2, 0) is 4.79 Å². The van der Waals surface area contributed by atoms with Gasteiger partial charge in [-0.3, -0.25) is 9.59 Å². The fraction of sp³-hybridized carbons (Fsp3) is 0.680. The molecule has 1 saturated heterocycles. The monoisotopic (exact) mass is 413 g/mol. The first-order valence-electron chi connectivity index (χ1n) is 11.7. The minimum atomic E-state index is -0.465. The second-order valence-electron chi connectivity index (χ2n) is 9.43. The van der Waals surface area contributed by atoms with Crippen molar-refractivity contribution in [2.24, 2.45) is 11.8 Å². The third-order valence-corrected chi connectivity index (χ3v) is 7.44. The molecule has 30 heavy (non-hydrogen) atoms. The zero-order valence-electron chi connectivity index (χ0n) is 18.5. The van der Waals surface area contributed by atoms with Gasteiger partial charge >= 0.3 is 0 Å². The highest BCUT2D eigenvalue weighted by molar-refractivity contribution is 6.00. The number of ketones is 1. The van der Waals surface area contributed by atoms with E-state index in [4.69, 9.17) is 9.47 Å². The van der Waals surface area contributed by atoms with Crippen LogP contribution < -0.4 is 9.47 Å². The topological polar surface area (TPSA) is 55.8 Å². The lowest BCUT2D eigenvalue weighted by Gasteiger charge is -2.45. The lowest BCUT2D eigenvalue weighted by molar-refractivity contribution is -0.140. The van der Waals surface area contributed by atoms with E-state index in [1.807, 2.05) is 17.0 Å². The van der Waals surface area contributed by atoms with Crippen molar-refractivity contribution in [3.8, 4) is 11.5 Å². The molecule has 0 radical (unpaired) electrons. The molecule has 1 saturated carbocycles. The van der Waals surface area contributed by atoms with Gasteiger partial charge in [0.25, 0.3) is 0 Å². The Bertz CT molecular complexity index is 773. The van der Waals surface area contributed by atoms with Gasteiger partial charge in [-0.1, -0.05) is 26.2 Å². The van der Waals surface area contributed by atoms with Gasteiger partial charge in [0.2, 0.25) is 5.91 Å². The Balaban J connectivity index is 1.33. The summed E-state index contributed by atoms with van der Waals surface area (Å²) in [6.07, 6.45) is 10.2. The summed E-state index contributed by atoms with van der Waals surface area (Å²) in [7, 11) is 1.60. The van der Waals surface area contributed by atoms with Crippen molar-refractivity contribution in [3.05, 3.63) is 23.8 Å². The van der Waals surface area contributed by atoms with E-state index in [-0.39, 0.29) is 11.7 Å². The molecule has 5 heteroatoms. The maximum absolute atomic E-state index is 13.1. The summed E-state index contributed by atoms with van der Waals surface area (Å²) in [6.45, 7) is 3.62. The number of likely N-dealkylation sites (tertiary alicyclic amines) is 1. The molecule has 0 N–H and O–H groups in total. The van der Waals surface area contributed by atoms with Gasteiger partial charge in [-0.2, -0.15) is 0 Å². The van der Waals surface area contributed by atoms with Crippen LogP contribution in [-0.4, -0.2) is 42.4 Å². The average Bonchev–Trinajstić information content (AvgIpc) is 2.78. The number of carbonyl (C=O) groups is 2. The van der Waals surface area contributed by atoms with Gasteiger partial charge in [-0.25, -0.2) is 0 Å².